The van der Waals surface area contributed by atoms with Crippen molar-refractivity contribution in [3.05, 3.63) is 61.6 Å². The van der Waals surface area contributed by atoms with Crippen molar-refractivity contribution in [3.8, 4) is 0 Å². The third-order valence-corrected chi connectivity index (χ3v) is 5.76. The van der Waals surface area contributed by atoms with Gasteiger partial charge in [-0.2, -0.15) is 5.01 Å². The van der Waals surface area contributed by atoms with Crippen LogP contribution in [0.5, 0.6) is 0 Å². The summed E-state index contributed by atoms with van der Waals surface area (Å²) in [4.78, 5) is 26.2. The molecule has 4 nitrogen and oxygen atoms in total. The van der Waals surface area contributed by atoms with Crippen LogP contribution in [0.15, 0.2) is 51.2 Å². The molecule has 2 aromatic rings. The Kier molecular flexibility index (Phi) is 4.96. The Balaban J connectivity index is 1.79. The number of hydrazine groups is 1. The number of thiophene rings is 1. The van der Waals surface area contributed by atoms with Crippen molar-refractivity contribution in [2.45, 2.75) is 0 Å². The third-order valence-electron chi connectivity index (χ3n) is 2.94. The van der Waals surface area contributed by atoms with Gasteiger partial charge >= 0.3 is 0 Å². The molecule has 0 radical (unpaired) electrons. The monoisotopic (exact) mass is 424 g/mol. The second kappa shape index (κ2) is 6.96. The standard InChI is InChI=1S/C15H9BrN2O2S3/c16-11-6-2-1-5-10(11)13(19)17-18-14(20)12(23-15(18)21)8-9-4-3-7-22-9/h1-8H,(H,17,19)/b12-8+. The number of amides is 2. The molecule has 0 bridgehead atoms. The average Bonchev–Trinajstić information content (AvgIpc) is 3.12. The molecular formula is C15H9BrN2O2S3. The summed E-state index contributed by atoms with van der Waals surface area (Å²) in [6.07, 6.45) is 1.77. The van der Waals surface area contributed by atoms with E-state index in [0.717, 1.165) is 9.89 Å². The van der Waals surface area contributed by atoms with Crippen molar-refractivity contribution in [1.82, 2.24) is 10.4 Å². The van der Waals surface area contributed by atoms with Crippen LogP contribution >= 0.6 is 51.2 Å². The number of carbonyl (C=O) groups is 2. The quantitative estimate of drug-likeness (QED) is 0.596. The van der Waals surface area contributed by atoms with Gasteiger partial charge in [0.05, 0.1) is 10.5 Å². The van der Waals surface area contributed by atoms with Gasteiger partial charge in [0, 0.05) is 9.35 Å². The predicted octanol–water partition coefficient (Wildman–Crippen LogP) is 4.06. The molecule has 0 unspecified atom stereocenters. The van der Waals surface area contributed by atoms with E-state index in [1.54, 1.807) is 24.3 Å². The fraction of sp³-hybridized carbons (Fsp3) is 0. The molecule has 1 saturated heterocycles. The van der Waals surface area contributed by atoms with E-state index in [2.05, 4.69) is 21.4 Å². The highest BCUT2D eigenvalue weighted by Crippen LogP contribution is 2.32. The summed E-state index contributed by atoms with van der Waals surface area (Å²) < 4.78 is 0.954. The molecule has 8 heteroatoms. The molecule has 1 N–H and O–H groups in total. The summed E-state index contributed by atoms with van der Waals surface area (Å²) in [5, 5.41) is 3.04. The lowest BCUT2D eigenvalue weighted by Crippen LogP contribution is -2.44. The van der Waals surface area contributed by atoms with Gasteiger partial charge in [0.1, 0.15) is 0 Å². The highest BCUT2D eigenvalue weighted by atomic mass is 79.9. The van der Waals surface area contributed by atoms with Crippen LogP contribution in [0.4, 0.5) is 0 Å². The molecular weight excluding hydrogens is 416 g/mol. The second-order valence-corrected chi connectivity index (χ2v) is 7.96. The van der Waals surface area contributed by atoms with Crippen LogP contribution in [-0.2, 0) is 4.79 Å². The van der Waals surface area contributed by atoms with Gasteiger partial charge in [-0.05, 0) is 57.8 Å². The van der Waals surface area contributed by atoms with Gasteiger partial charge in [-0.25, -0.2) is 0 Å². The van der Waals surface area contributed by atoms with Crippen LogP contribution in [-0.4, -0.2) is 21.1 Å². The molecule has 0 spiro atoms. The highest BCUT2D eigenvalue weighted by Gasteiger charge is 2.34. The van der Waals surface area contributed by atoms with Crippen molar-refractivity contribution in [2.24, 2.45) is 0 Å². The second-order valence-electron chi connectivity index (χ2n) is 4.45. The number of hydrogen-bond donors (Lipinski definition) is 1. The number of hydrogen-bond acceptors (Lipinski definition) is 5. The summed E-state index contributed by atoms with van der Waals surface area (Å²) in [5.41, 5.74) is 2.99. The number of thioether (sulfide) groups is 1. The van der Waals surface area contributed by atoms with Gasteiger partial charge in [0.2, 0.25) is 0 Å². The van der Waals surface area contributed by atoms with E-state index in [1.165, 1.54) is 23.1 Å². The Hall–Kier alpha value is -1.48. The molecule has 0 saturated carbocycles. The molecule has 1 fully saturated rings. The first-order valence-corrected chi connectivity index (χ1v) is 9.33. The average molecular weight is 425 g/mol. The Morgan fingerprint density at radius 1 is 1.26 bits per heavy atom. The Labute approximate surface area is 154 Å². The van der Waals surface area contributed by atoms with Crippen LogP contribution in [0.2, 0.25) is 0 Å². The Morgan fingerprint density at radius 3 is 2.74 bits per heavy atom. The van der Waals surface area contributed by atoms with Crippen molar-refractivity contribution < 1.29 is 9.59 Å². The SMILES string of the molecule is O=C(NN1C(=O)/C(=C\c2cccs2)SC1=S)c1ccccc1Br. The lowest BCUT2D eigenvalue weighted by Gasteiger charge is -2.16. The predicted molar refractivity (Wildman–Crippen MR) is 101 cm³/mol. The van der Waals surface area contributed by atoms with E-state index in [1.807, 2.05) is 23.6 Å². The lowest BCUT2D eigenvalue weighted by molar-refractivity contribution is -0.123. The van der Waals surface area contributed by atoms with E-state index in [-0.39, 0.29) is 5.91 Å². The zero-order valence-electron chi connectivity index (χ0n) is 11.5. The molecule has 1 aliphatic rings. The maximum absolute atomic E-state index is 12.4. The molecule has 2 heterocycles. The number of nitrogens with one attached hydrogen (secondary N) is 1. The molecule has 1 aromatic carbocycles. The fourth-order valence-electron chi connectivity index (χ4n) is 1.87. The van der Waals surface area contributed by atoms with Gasteiger partial charge in [-0.3, -0.25) is 15.0 Å². The normalized spacial score (nSPS) is 16.2. The number of thiocarbonyl (C=S) groups is 1. The number of rotatable bonds is 3. The third kappa shape index (κ3) is 3.55. The Bertz CT molecular complexity index is 818. The number of halogens is 1. The zero-order chi connectivity index (χ0) is 16.4. The minimum absolute atomic E-state index is 0.304. The zero-order valence-corrected chi connectivity index (χ0v) is 15.5. The van der Waals surface area contributed by atoms with Gasteiger partial charge < -0.3 is 0 Å². The maximum Gasteiger partial charge on any atom is 0.285 e. The van der Waals surface area contributed by atoms with Gasteiger partial charge in [0.15, 0.2) is 4.32 Å². The topological polar surface area (TPSA) is 49.4 Å². The van der Waals surface area contributed by atoms with Gasteiger partial charge in [-0.15, -0.1) is 11.3 Å². The van der Waals surface area contributed by atoms with E-state index >= 15 is 0 Å². The maximum atomic E-state index is 12.4. The van der Waals surface area contributed by atoms with Crippen LogP contribution in [0, 0.1) is 0 Å². The van der Waals surface area contributed by atoms with E-state index in [4.69, 9.17) is 12.2 Å². The van der Waals surface area contributed by atoms with Crippen LogP contribution in [0.3, 0.4) is 0 Å². The molecule has 1 aromatic heterocycles. The minimum Gasteiger partial charge on any atom is -0.267 e. The molecule has 3 rings (SSSR count). The van der Waals surface area contributed by atoms with Crippen molar-refractivity contribution in [3.63, 3.8) is 0 Å². The number of benzene rings is 1. The van der Waals surface area contributed by atoms with E-state index < -0.39 is 5.91 Å². The molecule has 116 valence electrons. The summed E-state index contributed by atoms with van der Waals surface area (Å²) in [6.45, 7) is 0. The molecule has 23 heavy (non-hydrogen) atoms. The van der Waals surface area contributed by atoms with Crippen molar-refractivity contribution in [2.75, 3.05) is 0 Å². The molecule has 0 atom stereocenters. The van der Waals surface area contributed by atoms with E-state index in [0.29, 0.717) is 19.3 Å². The first-order chi connectivity index (χ1) is 11.1. The highest BCUT2D eigenvalue weighted by molar-refractivity contribution is 9.10. The fourth-order valence-corrected chi connectivity index (χ4v) is 4.24. The van der Waals surface area contributed by atoms with Gasteiger partial charge in [0.25, 0.3) is 11.8 Å². The van der Waals surface area contributed by atoms with Crippen LogP contribution in [0.1, 0.15) is 15.2 Å². The Morgan fingerprint density at radius 2 is 2.04 bits per heavy atom. The summed E-state index contributed by atoms with van der Waals surface area (Å²) in [5.74, 6) is -0.722. The summed E-state index contributed by atoms with van der Waals surface area (Å²) in [7, 11) is 0. The summed E-state index contributed by atoms with van der Waals surface area (Å²) in [6, 6.07) is 10.8. The first kappa shape index (κ1) is 16.4. The van der Waals surface area contributed by atoms with Crippen molar-refractivity contribution in [1.29, 1.82) is 0 Å². The van der Waals surface area contributed by atoms with Gasteiger partial charge in [-0.1, -0.05) is 30.0 Å². The summed E-state index contributed by atoms with van der Waals surface area (Å²) >= 11 is 11.2. The largest absolute Gasteiger partial charge is 0.285 e. The molecule has 2 amide bonds. The molecule has 1 aliphatic heterocycles. The molecule has 0 aliphatic carbocycles. The van der Waals surface area contributed by atoms with Crippen molar-refractivity contribution >= 4 is 73.5 Å². The minimum atomic E-state index is -0.397. The van der Waals surface area contributed by atoms with E-state index in [9.17, 15) is 9.59 Å². The first-order valence-electron chi connectivity index (χ1n) is 6.43. The number of nitrogens with zero attached hydrogens (tertiary/aromatic N) is 1. The smallest absolute Gasteiger partial charge is 0.267 e. The van der Waals surface area contributed by atoms with Crippen LogP contribution < -0.4 is 5.43 Å². The lowest BCUT2D eigenvalue weighted by atomic mass is 10.2. The van der Waals surface area contributed by atoms with Crippen LogP contribution in [0.25, 0.3) is 6.08 Å². The number of carbonyl (C=O) groups excluding carboxylic acids is 2.